The van der Waals surface area contributed by atoms with Crippen molar-refractivity contribution in [2.45, 2.75) is 6.10 Å². The second kappa shape index (κ2) is 7.53. The molecule has 0 spiro atoms. The van der Waals surface area contributed by atoms with Crippen LogP contribution in [0.5, 0.6) is 0 Å². The standard InChI is InChI=1S/C16H19N3O3/c17-8-15(21)19-10-16(22)18-9-14(20)13-6-5-11-3-1-2-4-12(11)7-13/h1-7,14,20H,8-10,17H2,(H,18,22)(H,19,21). The van der Waals surface area contributed by atoms with Crippen LogP contribution in [0.1, 0.15) is 11.7 Å². The Kier molecular flexibility index (Phi) is 5.46. The molecule has 2 amide bonds. The third kappa shape index (κ3) is 4.28. The molecule has 0 saturated carbocycles. The minimum Gasteiger partial charge on any atom is -0.387 e. The van der Waals surface area contributed by atoms with Crippen molar-refractivity contribution < 1.29 is 14.7 Å². The van der Waals surface area contributed by atoms with Crippen LogP contribution in [0, 0.1) is 0 Å². The number of carbonyl (C=O) groups is 2. The highest BCUT2D eigenvalue weighted by Gasteiger charge is 2.10. The summed E-state index contributed by atoms with van der Waals surface area (Å²) in [7, 11) is 0. The van der Waals surface area contributed by atoms with Crippen molar-refractivity contribution in [1.82, 2.24) is 10.6 Å². The van der Waals surface area contributed by atoms with Crippen molar-refractivity contribution in [2.75, 3.05) is 19.6 Å². The summed E-state index contributed by atoms with van der Waals surface area (Å²) in [4.78, 5) is 22.5. The molecule has 6 nitrogen and oxygen atoms in total. The van der Waals surface area contributed by atoms with E-state index in [4.69, 9.17) is 5.73 Å². The SMILES string of the molecule is NCC(=O)NCC(=O)NCC(O)c1ccc2ccccc2c1. The average Bonchev–Trinajstić information content (AvgIpc) is 2.56. The molecule has 0 aliphatic heterocycles. The Bertz CT molecular complexity index is 672. The fraction of sp³-hybridized carbons (Fsp3) is 0.250. The number of aliphatic hydroxyl groups is 1. The van der Waals surface area contributed by atoms with Crippen LogP contribution in [-0.2, 0) is 9.59 Å². The van der Waals surface area contributed by atoms with Gasteiger partial charge in [0, 0.05) is 6.54 Å². The highest BCUT2D eigenvalue weighted by molar-refractivity contribution is 5.85. The predicted octanol–water partition coefficient (Wildman–Crippen LogP) is 0.0643. The number of hydrogen-bond acceptors (Lipinski definition) is 4. The molecule has 0 fully saturated rings. The number of carbonyl (C=O) groups excluding carboxylic acids is 2. The summed E-state index contributed by atoms with van der Waals surface area (Å²) in [5, 5.41) is 17.2. The molecule has 0 radical (unpaired) electrons. The summed E-state index contributed by atoms with van der Waals surface area (Å²) in [5.41, 5.74) is 5.84. The summed E-state index contributed by atoms with van der Waals surface area (Å²) in [6.07, 6.45) is -0.807. The zero-order valence-electron chi connectivity index (χ0n) is 12.1. The molecule has 22 heavy (non-hydrogen) atoms. The van der Waals surface area contributed by atoms with E-state index in [1.54, 1.807) is 0 Å². The van der Waals surface area contributed by atoms with Gasteiger partial charge in [0.2, 0.25) is 11.8 Å². The lowest BCUT2D eigenvalue weighted by Crippen LogP contribution is -2.40. The lowest BCUT2D eigenvalue weighted by atomic mass is 10.0. The maximum Gasteiger partial charge on any atom is 0.239 e. The molecule has 2 aromatic rings. The van der Waals surface area contributed by atoms with Crippen molar-refractivity contribution in [2.24, 2.45) is 5.73 Å². The van der Waals surface area contributed by atoms with Gasteiger partial charge in [-0.15, -0.1) is 0 Å². The van der Waals surface area contributed by atoms with Crippen LogP contribution in [0.25, 0.3) is 10.8 Å². The van der Waals surface area contributed by atoms with E-state index in [0.29, 0.717) is 0 Å². The molecule has 2 rings (SSSR count). The van der Waals surface area contributed by atoms with Crippen molar-refractivity contribution in [1.29, 1.82) is 0 Å². The molecule has 5 N–H and O–H groups in total. The van der Waals surface area contributed by atoms with Gasteiger partial charge in [-0.2, -0.15) is 0 Å². The molecule has 1 unspecified atom stereocenters. The Morgan fingerprint density at radius 3 is 2.50 bits per heavy atom. The molecule has 0 bridgehead atoms. The highest BCUT2D eigenvalue weighted by atomic mass is 16.3. The van der Waals surface area contributed by atoms with Gasteiger partial charge in [0.1, 0.15) is 0 Å². The first-order valence-corrected chi connectivity index (χ1v) is 7.00. The van der Waals surface area contributed by atoms with E-state index < -0.39 is 12.0 Å². The van der Waals surface area contributed by atoms with Gasteiger partial charge < -0.3 is 21.5 Å². The van der Waals surface area contributed by atoms with E-state index in [0.717, 1.165) is 16.3 Å². The van der Waals surface area contributed by atoms with E-state index in [1.165, 1.54) is 0 Å². The lowest BCUT2D eigenvalue weighted by molar-refractivity contribution is -0.125. The van der Waals surface area contributed by atoms with Gasteiger partial charge in [0.15, 0.2) is 0 Å². The Morgan fingerprint density at radius 1 is 1.05 bits per heavy atom. The number of benzene rings is 2. The van der Waals surface area contributed by atoms with Gasteiger partial charge in [0.05, 0.1) is 19.2 Å². The largest absolute Gasteiger partial charge is 0.387 e. The lowest BCUT2D eigenvalue weighted by Gasteiger charge is -2.13. The molecule has 2 aromatic carbocycles. The maximum atomic E-state index is 11.5. The number of fused-ring (bicyclic) bond motifs is 1. The number of nitrogens with two attached hydrogens (primary N) is 1. The number of rotatable bonds is 6. The Morgan fingerprint density at radius 2 is 1.77 bits per heavy atom. The van der Waals surface area contributed by atoms with Gasteiger partial charge >= 0.3 is 0 Å². The third-order valence-corrected chi connectivity index (χ3v) is 3.28. The summed E-state index contributed by atoms with van der Waals surface area (Å²) in [6, 6.07) is 13.5. The molecule has 6 heteroatoms. The highest BCUT2D eigenvalue weighted by Crippen LogP contribution is 2.19. The number of amides is 2. The van der Waals surface area contributed by atoms with Crippen LogP contribution in [0.2, 0.25) is 0 Å². The molecule has 0 heterocycles. The summed E-state index contributed by atoms with van der Waals surface area (Å²) < 4.78 is 0. The number of hydrogen-bond donors (Lipinski definition) is 4. The fourth-order valence-electron chi connectivity index (χ4n) is 2.06. The van der Waals surface area contributed by atoms with Crippen molar-refractivity contribution in [3.05, 3.63) is 48.0 Å². The normalized spacial score (nSPS) is 11.9. The molecule has 0 saturated heterocycles. The first-order chi connectivity index (χ1) is 10.6. The van der Waals surface area contributed by atoms with E-state index in [9.17, 15) is 14.7 Å². The van der Waals surface area contributed by atoms with E-state index in [1.807, 2.05) is 42.5 Å². The number of nitrogens with one attached hydrogen (secondary N) is 2. The van der Waals surface area contributed by atoms with Crippen LogP contribution in [0.15, 0.2) is 42.5 Å². The van der Waals surface area contributed by atoms with Crippen molar-refractivity contribution in [3.8, 4) is 0 Å². The van der Waals surface area contributed by atoms with Crippen LogP contribution in [-0.4, -0.2) is 36.6 Å². The van der Waals surface area contributed by atoms with Gasteiger partial charge in [0.25, 0.3) is 0 Å². The fourth-order valence-corrected chi connectivity index (χ4v) is 2.06. The summed E-state index contributed by atoms with van der Waals surface area (Å²) in [6.45, 7) is -0.233. The molecule has 116 valence electrons. The van der Waals surface area contributed by atoms with Gasteiger partial charge in [-0.3, -0.25) is 9.59 Å². The van der Waals surface area contributed by atoms with E-state index in [-0.39, 0.29) is 25.5 Å². The van der Waals surface area contributed by atoms with Crippen LogP contribution >= 0.6 is 0 Å². The van der Waals surface area contributed by atoms with Gasteiger partial charge in [-0.25, -0.2) is 0 Å². The van der Waals surface area contributed by atoms with Crippen molar-refractivity contribution >= 4 is 22.6 Å². The molecule has 0 aromatic heterocycles. The Hall–Kier alpha value is -2.44. The summed E-state index contributed by atoms with van der Waals surface area (Å²) in [5.74, 6) is -0.771. The van der Waals surface area contributed by atoms with E-state index in [2.05, 4.69) is 10.6 Å². The predicted molar refractivity (Wildman–Crippen MR) is 84.0 cm³/mol. The zero-order valence-corrected chi connectivity index (χ0v) is 12.1. The number of aliphatic hydroxyl groups excluding tert-OH is 1. The summed E-state index contributed by atoms with van der Waals surface area (Å²) >= 11 is 0. The van der Waals surface area contributed by atoms with Gasteiger partial charge in [-0.1, -0.05) is 36.4 Å². The molecule has 0 aliphatic carbocycles. The monoisotopic (exact) mass is 301 g/mol. The molecule has 1 atom stereocenters. The Labute approximate surface area is 128 Å². The van der Waals surface area contributed by atoms with Crippen LogP contribution in [0.3, 0.4) is 0 Å². The smallest absolute Gasteiger partial charge is 0.239 e. The maximum absolute atomic E-state index is 11.5. The van der Waals surface area contributed by atoms with Crippen molar-refractivity contribution in [3.63, 3.8) is 0 Å². The van der Waals surface area contributed by atoms with Crippen LogP contribution in [0.4, 0.5) is 0 Å². The minimum atomic E-state index is -0.807. The molecular formula is C16H19N3O3. The second-order valence-corrected chi connectivity index (χ2v) is 4.91. The van der Waals surface area contributed by atoms with E-state index >= 15 is 0 Å². The third-order valence-electron chi connectivity index (χ3n) is 3.28. The second-order valence-electron chi connectivity index (χ2n) is 4.91. The van der Waals surface area contributed by atoms with Crippen LogP contribution < -0.4 is 16.4 Å². The first-order valence-electron chi connectivity index (χ1n) is 7.00. The molecular weight excluding hydrogens is 282 g/mol. The quantitative estimate of drug-likeness (QED) is 0.606. The first kappa shape index (κ1) is 15.9. The average molecular weight is 301 g/mol. The Balaban J connectivity index is 1.89. The topological polar surface area (TPSA) is 104 Å². The molecule has 0 aliphatic rings. The van der Waals surface area contributed by atoms with Gasteiger partial charge in [-0.05, 0) is 22.4 Å². The minimum absolute atomic E-state index is 0.0790. The zero-order chi connectivity index (χ0) is 15.9.